The van der Waals surface area contributed by atoms with E-state index < -0.39 is 18.5 Å². The van der Waals surface area contributed by atoms with Gasteiger partial charge in [-0.2, -0.15) is 18.3 Å². The highest BCUT2D eigenvalue weighted by atomic mass is 19.4. The van der Waals surface area contributed by atoms with E-state index in [1.54, 1.807) is 47.4 Å². The maximum Gasteiger partial charge on any atom is 0.397 e. The van der Waals surface area contributed by atoms with E-state index in [1.807, 2.05) is 0 Å². The van der Waals surface area contributed by atoms with Gasteiger partial charge in [-0.15, -0.1) is 10.2 Å². The Labute approximate surface area is 145 Å². The van der Waals surface area contributed by atoms with Crippen molar-refractivity contribution in [3.05, 3.63) is 54.9 Å². The van der Waals surface area contributed by atoms with Gasteiger partial charge in [0.05, 0.1) is 0 Å². The lowest BCUT2D eigenvalue weighted by atomic mass is 10.2. The van der Waals surface area contributed by atoms with E-state index in [4.69, 9.17) is 0 Å². The Morgan fingerprint density at radius 2 is 1.77 bits per heavy atom. The van der Waals surface area contributed by atoms with Crippen molar-refractivity contribution in [2.24, 2.45) is 0 Å². The molecule has 1 amide bonds. The summed E-state index contributed by atoms with van der Waals surface area (Å²) >= 11 is 0. The quantitative estimate of drug-likeness (QED) is 0.728. The zero-order valence-electron chi connectivity index (χ0n) is 13.2. The number of hydrogen-bond acceptors (Lipinski definition) is 5. The molecule has 2 heterocycles. The maximum absolute atomic E-state index is 12.1. The molecule has 0 aliphatic rings. The third kappa shape index (κ3) is 4.79. The number of nitrogens with one attached hydrogen (secondary N) is 2. The van der Waals surface area contributed by atoms with Crippen LogP contribution >= 0.6 is 0 Å². The average molecular weight is 362 g/mol. The molecule has 0 atom stereocenters. The Morgan fingerprint density at radius 3 is 2.35 bits per heavy atom. The second-order valence-corrected chi connectivity index (χ2v) is 5.27. The molecule has 0 fully saturated rings. The topological polar surface area (TPSA) is 84.7 Å². The highest BCUT2D eigenvalue weighted by molar-refractivity contribution is 5.91. The molecule has 0 unspecified atom stereocenters. The summed E-state index contributed by atoms with van der Waals surface area (Å²) in [6, 6.07) is 11.4. The molecule has 10 heteroatoms. The number of hydrogen-bond donors (Lipinski definition) is 2. The number of carbonyl (C=O) groups excluding carboxylic acids is 1. The van der Waals surface area contributed by atoms with Crippen LogP contribution in [0.15, 0.2) is 54.9 Å². The van der Waals surface area contributed by atoms with Crippen LogP contribution in [0.4, 0.5) is 30.4 Å². The molecule has 3 rings (SSSR count). The number of halogens is 3. The second-order valence-electron chi connectivity index (χ2n) is 5.27. The number of anilines is 3. The van der Waals surface area contributed by atoms with Gasteiger partial charge in [-0.3, -0.25) is 4.79 Å². The number of alkyl halides is 3. The van der Waals surface area contributed by atoms with Gasteiger partial charge >= 0.3 is 6.18 Å². The molecule has 26 heavy (non-hydrogen) atoms. The van der Waals surface area contributed by atoms with E-state index in [2.05, 4.69) is 25.9 Å². The summed E-state index contributed by atoms with van der Waals surface area (Å²) in [5.74, 6) is -0.0728. The van der Waals surface area contributed by atoms with E-state index in [0.29, 0.717) is 17.3 Å². The summed E-state index contributed by atoms with van der Waals surface area (Å²) in [5, 5.41) is 17.3. The van der Waals surface area contributed by atoms with Crippen molar-refractivity contribution in [2.75, 3.05) is 10.6 Å². The molecular weight excluding hydrogens is 349 g/mol. The molecular formula is C16H13F3N6O. The van der Waals surface area contributed by atoms with E-state index in [-0.39, 0.29) is 5.69 Å². The molecule has 3 aromatic rings. The fraction of sp³-hybridized carbons (Fsp3) is 0.125. The highest BCUT2D eigenvalue weighted by Gasteiger charge is 2.31. The lowest BCUT2D eigenvalue weighted by molar-refractivity contribution is -0.150. The minimum atomic E-state index is -4.54. The average Bonchev–Trinajstić information content (AvgIpc) is 3.10. The van der Waals surface area contributed by atoms with Crippen LogP contribution in [0, 0.1) is 0 Å². The van der Waals surface area contributed by atoms with Crippen molar-refractivity contribution in [1.29, 1.82) is 0 Å². The Bertz CT molecular complexity index is 861. The van der Waals surface area contributed by atoms with Gasteiger partial charge in [-0.05, 0) is 42.5 Å². The van der Waals surface area contributed by atoms with Gasteiger partial charge in [0, 0.05) is 23.8 Å². The molecule has 0 bridgehead atoms. The summed E-state index contributed by atoms with van der Waals surface area (Å²) in [7, 11) is 0. The second kappa shape index (κ2) is 7.21. The van der Waals surface area contributed by atoms with Gasteiger partial charge in [-0.1, -0.05) is 0 Å². The molecule has 2 aromatic heterocycles. The van der Waals surface area contributed by atoms with E-state index >= 15 is 0 Å². The van der Waals surface area contributed by atoms with Crippen LogP contribution in [0.5, 0.6) is 0 Å². The van der Waals surface area contributed by atoms with Crippen molar-refractivity contribution >= 4 is 23.1 Å². The summed E-state index contributed by atoms with van der Waals surface area (Å²) in [4.78, 5) is 11.3. The third-order valence-corrected chi connectivity index (χ3v) is 3.19. The first kappa shape index (κ1) is 17.4. The SMILES string of the molecule is O=C(CC(F)(F)F)Nc1ccc(Nc2ccc(-n3cccn3)nn2)cc1. The fourth-order valence-electron chi connectivity index (χ4n) is 2.09. The van der Waals surface area contributed by atoms with Gasteiger partial charge in [-0.25, -0.2) is 4.68 Å². The van der Waals surface area contributed by atoms with Crippen molar-refractivity contribution in [3.63, 3.8) is 0 Å². The summed E-state index contributed by atoms with van der Waals surface area (Å²) in [6.07, 6.45) is -2.69. The lowest BCUT2D eigenvalue weighted by Crippen LogP contribution is -2.21. The van der Waals surface area contributed by atoms with Gasteiger partial charge in [0.15, 0.2) is 11.6 Å². The Morgan fingerprint density at radius 1 is 1.04 bits per heavy atom. The number of rotatable bonds is 5. The monoisotopic (exact) mass is 362 g/mol. The van der Waals surface area contributed by atoms with E-state index in [0.717, 1.165) is 0 Å². The first-order valence-electron chi connectivity index (χ1n) is 7.46. The van der Waals surface area contributed by atoms with E-state index in [9.17, 15) is 18.0 Å². The first-order valence-corrected chi connectivity index (χ1v) is 7.46. The number of nitrogens with zero attached hydrogens (tertiary/aromatic N) is 4. The molecule has 134 valence electrons. The zero-order valence-corrected chi connectivity index (χ0v) is 13.2. The van der Waals surface area contributed by atoms with E-state index in [1.165, 1.54) is 12.1 Å². The standard InChI is InChI=1S/C16H13F3N6O/c17-16(18,19)10-15(26)22-12-4-2-11(3-5-12)21-13-6-7-14(24-23-13)25-9-1-8-20-25/h1-9H,10H2,(H,21,23)(H,22,26). The molecule has 0 saturated heterocycles. The van der Waals surface area contributed by atoms with Crippen LogP contribution in [-0.2, 0) is 4.79 Å². The van der Waals surface area contributed by atoms with Crippen molar-refractivity contribution in [1.82, 2.24) is 20.0 Å². The molecule has 0 aliphatic carbocycles. The van der Waals surface area contributed by atoms with Crippen LogP contribution in [0.3, 0.4) is 0 Å². The Balaban J connectivity index is 1.60. The van der Waals surface area contributed by atoms with Crippen molar-refractivity contribution in [2.45, 2.75) is 12.6 Å². The summed E-state index contributed by atoms with van der Waals surface area (Å²) in [5.41, 5.74) is 0.907. The van der Waals surface area contributed by atoms with Gasteiger partial charge in [0.1, 0.15) is 6.42 Å². The van der Waals surface area contributed by atoms with Crippen molar-refractivity contribution < 1.29 is 18.0 Å². The summed E-state index contributed by atoms with van der Waals surface area (Å²) < 4.78 is 38.0. The van der Waals surface area contributed by atoms with Crippen LogP contribution in [0.25, 0.3) is 5.82 Å². The number of aromatic nitrogens is 4. The third-order valence-electron chi connectivity index (χ3n) is 3.19. The normalized spacial score (nSPS) is 11.2. The molecule has 1 aromatic carbocycles. The van der Waals surface area contributed by atoms with Gasteiger partial charge in [0.2, 0.25) is 5.91 Å². The zero-order chi connectivity index (χ0) is 18.6. The molecule has 0 aliphatic heterocycles. The van der Waals surface area contributed by atoms with Crippen LogP contribution in [0.1, 0.15) is 6.42 Å². The molecule has 0 saturated carbocycles. The van der Waals surface area contributed by atoms with Gasteiger partial charge < -0.3 is 10.6 Å². The molecule has 7 nitrogen and oxygen atoms in total. The number of carbonyl (C=O) groups is 1. The molecule has 0 spiro atoms. The largest absolute Gasteiger partial charge is 0.397 e. The maximum atomic E-state index is 12.1. The lowest BCUT2D eigenvalue weighted by Gasteiger charge is -2.09. The first-order chi connectivity index (χ1) is 12.4. The van der Waals surface area contributed by atoms with Crippen molar-refractivity contribution in [3.8, 4) is 5.82 Å². The van der Waals surface area contributed by atoms with Crippen LogP contribution in [-0.4, -0.2) is 32.1 Å². The minimum Gasteiger partial charge on any atom is -0.339 e. The van der Waals surface area contributed by atoms with Crippen LogP contribution in [0.2, 0.25) is 0 Å². The van der Waals surface area contributed by atoms with Crippen LogP contribution < -0.4 is 10.6 Å². The molecule has 0 radical (unpaired) electrons. The Kier molecular flexibility index (Phi) is 4.83. The Hall–Kier alpha value is -3.43. The number of benzene rings is 1. The molecule has 2 N–H and O–H groups in total. The fourth-order valence-corrected chi connectivity index (χ4v) is 2.09. The smallest absolute Gasteiger partial charge is 0.339 e. The highest BCUT2D eigenvalue weighted by Crippen LogP contribution is 2.21. The predicted molar refractivity (Wildman–Crippen MR) is 88.2 cm³/mol. The number of amides is 1. The predicted octanol–water partition coefficient (Wildman–Crippen LogP) is 3.30. The van der Waals surface area contributed by atoms with Gasteiger partial charge in [0.25, 0.3) is 0 Å². The summed E-state index contributed by atoms with van der Waals surface area (Å²) in [6.45, 7) is 0. The minimum absolute atomic E-state index is 0.268.